The van der Waals surface area contributed by atoms with Gasteiger partial charge in [-0.25, -0.2) is 4.68 Å². The molecule has 84 valence electrons. The largest absolute Gasteiger partial charge is 0.480 e. The van der Waals surface area contributed by atoms with Crippen LogP contribution in [-0.2, 0) is 17.5 Å². The highest BCUT2D eigenvalue weighted by Crippen LogP contribution is 2.31. The maximum Gasteiger partial charge on any atom is 0.433 e. The number of carboxylic acids is 1. The first-order valence-corrected chi connectivity index (χ1v) is 3.75. The Morgan fingerprint density at radius 1 is 1.67 bits per heavy atom. The lowest BCUT2D eigenvalue weighted by Crippen LogP contribution is -2.18. The average molecular weight is 224 g/mol. The van der Waals surface area contributed by atoms with E-state index in [0.717, 1.165) is 7.11 Å². The van der Waals surface area contributed by atoms with Gasteiger partial charge in [-0.2, -0.15) is 13.2 Å². The van der Waals surface area contributed by atoms with E-state index in [1.807, 2.05) is 0 Å². The van der Waals surface area contributed by atoms with Crippen molar-refractivity contribution in [3.05, 3.63) is 11.8 Å². The van der Waals surface area contributed by atoms with Gasteiger partial charge in [-0.05, 0) is 0 Å². The van der Waals surface area contributed by atoms with E-state index in [-0.39, 0.29) is 5.88 Å². The standard InChI is InChI=1S/C7H7F3N2O3/c1-15-5-2-4(7(8,9)10)12(11-5)3-6(13)14/h2H,3H2,1H3,(H,13,14). The number of ether oxygens (including phenoxy) is 1. The molecule has 1 heterocycles. The summed E-state index contributed by atoms with van der Waals surface area (Å²) in [5.74, 6) is -1.69. The maximum absolute atomic E-state index is 12.3. The summed E-state index contributed by atoms with van der Waals surface area (Å²) in [6.07, 6.45) is -4.65. The van der Waals surface area contributed by atoms with Crippen LogP contribution in [0.1, 0.15) is 5.69 Å². The van der Waals surface area contributed by atoms with E-state index in [4.69, 9.17) is 5.11 Å². The Morgan fingerprint density at radius 3 is 2.67 bits per heavy atom. The molecule has 1 N–H and O–H groups in total. The zero-order valence-electron chi connectivity index (χ0n) is 7.58. The van der Waals surface area contributed by atoms with Gasteiger partial charge in [0.15, 0.2) is 0 Å². The zero-order valence-corrected chi connectivity index (χ0v) is 7.58. The van der Waals surface area contributed by atoms with Crippen molar-refractivity contribution in [2.45, 2.75) is 12.7 Å². The summed E-state index contributed by atoms with van der Waals surface area (Å²) in [6, 6.07) is 0.642. The minimum absolute atomic E-state index is 0.274. The molecule has 0 aliphatic heterocycles. The normalized spacial score (nSPS) is 11.5. The first kappa shape index (κ1) is 11.3. The summed E-state index contributed by atoms with van der Waals surface area (Å²) in [4.78, 5) is 10.3. The summed E-state index contributed by atoms with van der Waals surface area (Å²) in [5.41, 5.74) is -1.15. The molecule has 0 aromatic carbocycles. The summed E-state index contributed by atoms with van der Waals surface area (Å²) in [6.45, 7) is -0.863. The molecule has 1 rings (SSSR count). The Balaban J connectivity index is 3.12. The molecule has 0 unspecified atom stereocenters. The third-order valence-electron chi connectivity index (χ3n) is 1.54. The van der Waals surface area contributed by atoms with Gasteiger partial charge < -0.3 is 9.84 Å². The smallest absolute Gasteiger partial charge is 0.433 e. The Hall–Kier alpha value is -1.73. The van der Waals surface area contributed by atoms with E-state index in [1.165, 1.54) is 0 Å². The fraction of sp³-hybridized carbons (Fsp3) is 0.429. The second-order valence-corrected chi connectivity index (χ2v) is 2.62. The van der Waals surface area contributed by atoms with Crippen LogP contribution in [0.5, 0.6) is 5.88 Å². The number of hydrogen-bond acceptors (Lipinski definition) is 3. The molecule has 0 amide bonds. The van der Waals surface area contributed by atoms with Gasteiger partial charge in [0.25, 0.3) is 0 Å². The Kier molecular flexibility index (Phi) is 2.87. The molecule has 1 aromatic heterocycles. The van der Waals surface area contributed by atoms with Crippen LogP contribution in [0.15, 0.2) is 6.07 Å². The monoisotopic (exact) mass is 224 g/mol. The summed E-state index contributed by atoms with van der Waals surface area (Å²) in [5, 5.41) is 11.7. The molecule has 15 heavy (non-hydrogen) atoms. The number of methoxy groups -OCH3 is 1. The number of halogens is 3. The fourth-order valence-corrected chi connectivity index (χ4v) is 0.970. The molecule has 0 aliphatic carbocycles. The molecule has 0 saturated carbocycles. The molecule has 0 radical (unpaired) electrons. The molecule has 0 spiro atoms. The van der Waals surface area contributed by atoms with Crippen LogP contribution < -0.4 is 4.74 Å². The maximum atomic E-state index is 12.3. The van der Waals surface area contributed by atoms with Crippen molar-refractivity contribution < 1.29 is 27.8 Å². The molecular weight excluding hydrogens is 217 g/mol. The van der Waals surface area contributed by atoms with E-state index < -0.39 is 24.4 Å². The van der Waals surface area contributed by atoms with Crippen LogP contribution in [-0.4, -0.2) is 28.0 Å². The SMILES string of the molecule is COc1cc(C(F)(F)F)n(CC(=O)O)n1. The Morgan fingerprint density at radius 2 is 2.27 bits per heavy atom. The quantitative estimate of drug-likeness (QED) is 0.831. The lowest BCUT2D eigenvalue weighted by molar-refractivity contribution is -0.147. The Labute approximate surface area is 82.1 Å². The molecular formula is C7H7F3N2O3. The highest BCUT2D eigenvalue weighted by atomic mass is 19.4. The number of alkyl halides is 3. The number of hydrogen-bond donors (Lipinski definition) is 1. The van der Waals surface area contributed by atoms with Gasteiger partial charge >= 0.3 is 12.1 Å². The van der Waals surface area contributed by atoms with Gasteiger partial charge in [0.1, 0.15) is 12.2 Å². The highest BCUT2D eigenvalue weighted by molar-refractivity contribution is 5.66. The predicted octanol–water partition coefficient (Wildman–Crippen LogP) is 0.995. The number of carbonyl (C=O) groups is 1. The molecule has 8 heteroatoms. The molecule has 0 bridgehead atoms. The van der Waals surface area contributed by atoms with Crippen LogP contribution in [0, 0.1) is 0 Å². The van der Waals surface area contributed by atoms with Crippen LogP contribution in [0.2, 0.25) is 0 Å². The second-order valence-electron chi connectivity index (χ2n) is 2.62. The van der Waals surface area contributed by atoms with Crippen LogP contribution >= 0.6 is 0 Å². The number of aromatic nitrogens is 2. The van der Waals surface area contributed by atoms with E-state index in [2.05, 4.69) is 9.84 Å². The predicted molar refractivity (Wildman–Crippen MR) is 41.4 cm³/mol. The van der Waals surface area contributed by atoms with Gasteiger partial charge in [-0.1, -0.05) is 0 Å². The fourth-order valence-electron chi connectivity index (χ4n) is 0.970. The van der Waals surface area contributed by atoms with E-state index in [1.54, 1.807) is 0 Å². The third kappa shape index (κ3) is 2.61. The van der Waals surface area contributed by atoms with Gasteiger partial charge in [0, 0.05) is 6.07 Å². The molecule has 0 atom stereocenters. The number of nitrogens with zero attached hydrogens (tertiary/aromatic N) is 2. The first-order chi connectivity index (χ1) is 6.84. The summed E-state index contributed by atoms with van der Waals surface area (Å²) < 4.78 is 41.8. The number of rotatable bonds is 3. The van der Waals surface area contributed by atoms with E-state index in [9.17, 15) is 18.0 Å². The van der Waals surface area contributed by atoms with Crippen molar-refractivity contribution >= 4 is 5.97 Å². The summed E-state index contributed by atoms with van der Waals surface area (Å²) in [7, 11) is 1.15. The van der Waals surface area contributed by atoms with Crippen molar-refractivity contribution in [2.24, 2.45) is 0 Å². The Bertz CT molecular complexity index is 372. The highest BCUT2D eigenvalue weighted by Gasteiger charge is 2.36. The van der Waals surface area contributed by atoms with Crippen molar-refractivity contribution in [2.75, 3.05) is 7.11 Å². The number of aliphatic carboxylic acids is 1. The topological polar surface area (TPSA) is 64.3 Å². The molecule has 5 nitrogen and oxygen atoms in total. The van der Waals surface area contributed by atoms with Gasteiger partial charge in [-0.3, -0.25) is 4.79 Å². The van der Waals surface area contributed by atoms with Crippen molar-refractivity contribution in [3.63, 3.8) is 0 Å². The van der Waals surface area contributed by atoms with E-state index >= 15 is 0 Å². The third-order valence-corrected chi connectivity index (χ3v) is 1.54. The van der Waals surface area contributed by atoms with E-state index in [0.29, 0.717) is 10.7 Å². The summed E-state index contributed by atoms with van der Waals surface area (Å²) >= 11 is 0. The molecule has 0 fully saturated rings. The zero-order chi connectivity index (χ0) is 11.6. The van der Waals surface area contributed by atoms with Crippen molar-refractivity contribution in [1.82, 2.24) is 9.78 Å². The van der Waals surface area contributed by atoms with Crippen LogP contribution in [0.4, 0.5) is 13.2 Å². The van der Waals surface area contributed by atoms with Crippen LogP contribution in [0.3, 0.4) is 0 Å². The van der Waals surface area contributed by atoms with Gasteiger partial charge in [0.2, 0.25) is 5.88 Å². The minimum Gasteiger partial charge on any atom is -0.480 e. The molecule has 0 aliphatic rings. The second kappa shape index (κ2) is 3.79. The number of carboxylic acid groups (broad SMARTS) is 1. The lowest BCUT2D eigenvalue weighted by Gasteiger charge is -2.06. The minimum atomic E-state index is -4.65. The molecule has 1 aromatic rings. The van der Waals surface area contributed by atoms with Gasteiger partial charge in [0.05, 0.1) is 7.11 Å². The average Bonchev–Trinajstić information content (AvgIpc) is 2.45. The lowest BCUT2D eigenvalue weighted by atomic mass is 10.4. The van der Waals surface area contributed by atoms with Crippen LogP contribution in [0.25, 0.3) is 0 Å². The first-order valence-electron chi connectivity index (χ1n) is 3.75. The van der Waals surface area contributed by atoms with Crippen molar-refractivity contribution in [1.29, 1.82) is 0 Å². The van der Waals surface area contributed by atoms with Gasteiger partial charge in [-0.15, -0.1) is 5.10 Å². The van der Waals surface area contributed by atoms with Crippen molar-refractivity contribution in [3.8, 4) is 5.88 Å². The molecule has 0 saturated heterocycles.